The summed E-state index contributed by atoms with van der Waals surface area (Å²) in [4.78, 5) is 25.2. The number of carbonyl (C=O) groups excluding carboxylic acids is 1. The number of piperidine rings is 1. The van der Waals surface area contributed by atoms with E-state index in [2.05, 4.69) is 5.10 Å². The quantitative estimate of drug-likeness (QED) is 0.928. The number of halogens is 1. The summed E-state index contributed by atoms with van der Waals surface area (Å²) < 4.78 is 16.0. The highest BCUT2D eigenvalue weighted by atomic mass is 19.1. The lowest BCUT2D eigenvalue weighted by Crippen LogP contribution is -2.42. The highest BCUT2D eigenvalue weighted by molar-refractivity contribution is 5.94. The van der Waals surface area contributed by atoms with Crippen LogP contribution in [0.2, 0.25) is 0 Å². The van der Waals surface area contributed by atoms with Gasteiger partial charge >= 0.3 is 5.97 Å². The number of rotatable bonds is 3. The van der Waals surface area contributed by atoms with Gasteiger partial charge in [0, 0.05) is 24.3 Å². The van der Waals surface area contributed by atoms with Gasteiger partial charge in [0.05, 0.1) is 11.6 Å². The Labute approximate surface area is 144 Å². The third kappa shape index (κ3) is 3.40. The molecule has 1 aromatic heterocycles. The Bertz CT molecular complexity index is 831. The summed E-state index contributed by atoms with van der Waals surface area (Å²) >= 11 is 0. The van der Waals surface area contributed by atoms with Crippen molar-refractivity contribution < 1.29 is 19.1 Å². The SMILES string of the molecule is Cc1cc(C)n(-c2ccc(C(=O)N3CCC[C@H](C(=O)O)C3)cc2F)n1. The Morgan fingerprint density at radius 3 is 2.64 bits per heavy atom. The average molecular weight is 345 g/mol. The number of benzene rings is 1. The lowest BCUT2D eigenvalue weighted by atomic mass is 9.97. The van der Waals surface area contributed by atoms with Crippen LogP contribution >= 0.6 is 0 Å². The van der Waals surface area contributed by atoms with Crippen LogP contribution in [0.3, 0.4) is 0 Å². The molecule has 0 aliphatic carbocycles. The van der Waals surface area contributed by atoms with Crippen molar-refractivity contribution in [3.05, 3.63) is 47.0 Å². The van der Waals surface area contributed by atoms with Crippen LogP contribution in [0.15, 0.2) is 24.3 Å². The van der Waals surface area contributed by atoms with Gasteiger partial charge in [0.1, 0.15) is 11.5 Å². The minimum absolute atomic E-state index is 0.162. The molecule has 2 heterocycles. The van der Waals surface area contributed by atoms with E-state index < -0.39 is 17.7 Å². The normalized spacial score (nSPS) is 17.6. The molecule has 1 N–H and O–H groups in total. The van der Waals surface area contributed by atoms with E-state index in [4.69, 9.17) is 5.11 Å². The Morgan fingerprint density at radius 1 is 1.28 bits per heavy atom. The molecular weight excluding hydrogens is 325 g/mol. The molecule has 1 aliphatic rings. The second kappa shape index (κ2) is 6.66. The summed E-state index contributed by atoms with van der Waals surface area (Å²) in [6, 6.07) is 6.12. The molecular formula is C18H20FN3O3. The molecule has 7 heteroatoms. The van der Waals surface area contributed by atoms with E-state index in [1.54, 1.807) is 6.07 Å². The van der Waals surface area contributed by atoms with Gasteiger partial charge in [0.25, 0.3) is 5.91 Å². The maximum Gasteiger partial charge on any atom is 0.308 e. The summed E-state index contributed by atoms with van der Waals surface area (Å²) in [7, 11) is 0. The largest absolute Gasteiger partial charge is 0.481 e. The van der Waals surface area contributed by atoms with E-state index in [1.165, 1.54) is 21.7 Å². The number of aromatic nitrogens is 2. The van der Waals surface area contributed by atoms with Gasteiger partial charge in [-0.2, -0.15) is 5.10 Å². The van der Waals surface area contributed by atoms with Gasteiger partial charge in [-0.15, -0.1) is 0 Å². The molecule has 1 aromatic carbocycles. The van der Waals surface area contributed by atoms with Crippen LogP contribution in [0.1, 0.15) is 34.6 Å². The van der Waals surface area contributed by atoms with Crippen LogP contribution in [0.5, 0.6) is 0 Å². The third-order valence-electron chi connectivity index (χ3n) is 4.49. The second-order valence-electron chi connectivity index (χ2n) is 6.43. The summed E-state index contributed by atoms with van der Waals surface area (Å²) in [5.41, 5.74) is 2.08. The number of carboxylic acids is 1. The Morgan fingerprint density at radius 2 is 2.04 bits per heavy atom. The maximum absolute atomic E-state index is 14.5. The summed E-state index contributed by atoms with van der Waals surface area (Å²) in [6.45, 7) is 4.31. The Balaban J connectivity index is 1.84. The molecule has 0 saturated carbocycles. The molecule has 6 nitrogen and oxygen atoms in total. The molecule has 0 radical (unpaired) electrons. The summed E-state index contributed by atoms with van der Waals surface area (Å²) in [5.74, 6) is -2.34. The predicted octanol–water partition coefficient (Wildman–Crippen LogP) is 2.57. The van der Waals surface area contributed by atoms with Crippen molar-refractivity contribution in [3.8, 4) is 5.69 Å². The summed E-state index contributed by atoms with van der Waals surface area (Å²) in [5, 5.41) is 13.4. The number of likely N-dealkylation sites (tertiary alicyclic amines) is 1. The van der Waals surface area contributed by atoms with E-state index in [9.17, 15) is 14.0 Å². The fourth-order valence-corrected chi connectivity index (χ4v) is 3.23. The zero-order chi connectivity index (χ0) is 18.1. The predicted molar refractivity (Wildman–Crippen MR) is 89.3 cm³/mol. The molecule has 1 saturated heterocycles. The highest BCUT2D eigenvalue weighted by Gasteiger charge is 2.29. The molecule has 132 valence electrons. The third-order valence-corrected chi connectivity index (χ3v) is 4.49. The van der Waals surface area contributed by atoms with E-state index in [0.717, 1.165) is 11.4 Å². The van der Waals surface area contributed by atoms with Crippen molar-refractivity contribution >= 4 is 11.9 Å². The molecule has 0 unspecified atom stereocenters. The van der Waals surface area contributed by atoms with Crippen LogP contribution in [-0.4, -0.2) is 44.8 Å². The fraction of sp³-hybridized carbons (Fsp3) is 0.389. The topological polar surface area (TPSA) is 75.4 Å². The van der Waals surface area contributed by atoms with Crippen molar-refractivity contribution in [1.29, 1.82) is 0 Å². The molecule has 1 atom stereocenters. The Kier molecular flexibility index (Phi) is 4.57. The van der Waals surface area contributed by atoms with E-state index >= 15 is 0 Å². The first-order valence-electron chi connectivity index (χ1n) is 8.22. The first-order chi connectivity index (χ1) is 11.9. The van der Waals surface area contributed by atoms with Gasteiger partial charge in [-0.3, -0.25) is 9.59 Å². The van der Waals surface area contributed by atoms with Crippen LogP contribution in [-0.2, 0) is 4.79 Å². The van der Waals surface area contributed by atoms with Crippen LogP contribution in [0, 0.1) is 25.6 Å². The molecule has 0 bridgehead atoms. The lowest BCUT2D eigenvalue weighted by molar-refractivity contribution is -0.143. The zero-order valence-electron chi connectivity index (χ0n) is 14.2. The van der Waals surface area contributed by atoms with E-state index in [1.807, 2.05) is 19.9 Å². The number of carboxylic acid groups (broad SMARTS) is 1. The first-order valence-corrected chi connectivity index (χ1v) is 8.22. The van der Waals surface area contributed by atoms with Crippen molar-refractivity contribution in [2.45, 2.75) is 26.7 Å². The highest BCUT2D eigenvalue weighted by Crippen LogP contribution is 2.22. The van der Waals surface area contributed by atoms with Crippen LogP contribution < -0.4 is 0 Å². The maximum atomic E-state index is 14.5. The van der Waals surface area contributed by atoms with Crippen LogP contribution in [0.4, 0.5) is 4.39 Å². The standard InChI is InChI=1S/C18H20FN3O3/c1-11-8-12(2)22(20-11)16-6-5-13(9-15(16)19)17(23)21-7-3-4-14(10-21)18(24)25/h5-6,8-9,14H,3-4,7,10H2,1-2H3,(H,24,25)/t14-/m0/s1. The molecule has 3 rings (SSSR count). The lowest BCUT2D eigenvalue weighted by Gasteiger charge is -2.30. The van der Waals surface area contributed by atoms with Crippen molar-refractivity contribution in [1.82, 2.24) is 14.7 Å². The minimum atomic E-state index is -0.899. The number of hydrogen-bond donors (Lipinski definition) is 1. The van der Waals surface area contributed by atoms with E-state index in [0.29, 0.717) is 19.4 Å². The average Bonchev–Trinajstić information content (AvgIpc) is 2.92. The minimum Gasteiger partial charge on any atom is -0.481 e. The van der Waals surface area contributed by atoms with Gasteiger partial charge in [-0.1, -0.05) is 0 Å². The molecule has 1 aliphatic heterocycles. The van der Waals surface area contributed by atoms with Crippen molar-refractivity contribution in [3.63, 3.8) is 0 Å². The first kappa shape index (κ1) is 17.1. The van der Waals surface area contributed by atoms with Gasteiger partial charge < -0.3 is 10.0 Å². The number of aryl methyl sites for hydroxylation is 2. The molecule has 2 aromatic rings. The Hall–Kier alpha value is -2.70. The number of aliphatic carboxylic acids is 1. The number of amides is 1. The van der Waals surface area contributed by atoms with Gasteiger partial charge in [0.2, 0.25) is 0 Å². The number of nitrogens with zero attached hydrogens (tertiary/aromatic N) is 3. The van der Waals surface area contributed by atoms with Crippen molar-refractivity contribution in [2.24, 2.45) is 5.92 Å². The van der Waals surface area contributed by atoms with Gasteiger partial charge in [-0.05, 0) is 51.0 Å². The zero-order valence-corrected chi connectivity index (χ0v) is 14.2. The van der Waals surface area contributed by atoms with Crippen molar-refractivity contribution in [2.75, 3.05) is 13.1 Å². The number of carbonyl (C=O) groups is 2. The monoisotopic (exact) mass is 345 g/mol. The molecule has 1 fully saturated rings. The molecule has 1 amide bonds. The van der Waals surface area contributed by atoms with Gasteiger partial charge in [-0.25, -0.2) is 9.07 Å². The van der Waals surface area contributed by atoms with Crippen LogP contribution in [0.25, 0.3) is 5.69 Å². The molecule has 0 spiro atoms. The van der Waals surface area contributed by atoms with Gasteiger partial charge in [0.15, 0.2) is 0 Å². The smallest absolute Gasteiger partial charge is 0.308 e. The van der Waals surface area contributed by atoms with E-state index in [-0.39, 0.29) is 23.7 Å². The second-order valence-corrected chi connectivity index (χ2v) is 6.43. The fourth-order valence-electron chi connectivity index (χ4n) is 3.23. The summed E-state index contributed by atoms with van der Waals surface area (Å²) in [6.07, 6.45) is 1.19. The number of hydrogen-bond acceptors (Lipinski definition) is 3. The molecule has 25 heavy (non-hydrogen) atoms.